The smallest absolute Gasteiger partial charge is 0.257 e. The summed E-state index contributed by atoms with van der Waals surface area (Å²) in [5.41, 5.74) is 0.681. The number of hydrogen-bond acceptors (Lipinski definition) is 3. The fourth-order valence-electron chi connectivity index (χ4n) is 4.49. The van der Waals surface area contributed by atoms with Crippen LogP contribution in [0.1, 0.15) is 61.7 Å². The number of likely N-dealkylation sites (tertiary alicyclic amines) is 1. The lowest BCUT2D eigenvalue weighted by Crippen LogP contribution is -2.45. The lowest BCUT2D eigenvalue weighted by atomic mass is 9.80. The van der Waals surface area contributed by atoms with Crippen molar-refractivity contribution in [2.75, 3.05) is 13.2 Å². The van der Waals surface area contributed by atoms with Crippen LogP contribution in [-0.2, 0) is 0 Å². The third kappa shape index (κ3) is 3.69. The predicted molar refractivity (Wildman–Crippen MR) is 96.7 cm³/mol. The van der Waals surface area contributed by atoms with Crippen LogP contribution in [-0.4, -0.2) is 41.2 Å². The first-order valence-electron chi connectivity index (χ1n) is 9.95. The number of aliphatic hydroxyl groups is 1. The molecule has 0 radical (unpaired) electrons. The molecule has 1 aromatic rings. The number of aliphatic hydroxyl groups excluding tert-OH is 1. The van der Waals surface area contributed by atoms with E-state index in [4.69, 9.17) is 4.74 Å². The van der Waals surface area contributed by atoms with Crippen molar-refractivity contribution >= 4 is 5.91 Å². The van der Waals surface area contributed by atoms with Gasteiger partial charge in [0.1, 0.15) is 5.75 Å². The summed E-state index contributed by atoms with van der Waals surface area (Å²) in [5.74, 6) is 1.70. The highest BCUT2D eigenvalue weighted by Crippen LogP contribution is 2.36. The summed E-state index contributed by atoms with van der Waals surface area (Å²) in [6, 6.07) is 7.83. The van der Waals surface area contributed by atoms with Gasteiger partial charge in [0, 0.05) is 18.5 Å². The van der Waals surface area contributed by atoms with Crippen molar-refractivity contribution in [2.45, 2.75) is 63.5 Å². The molecule has 3 atom stereocenters. The van der Waals surface area contributed by atoms with Crippen LogP contribution in [0.25, 0.3) is 0 Å². The Balaban J connectivity index is 1.51. The number of para-hydroxylation sites is 1. The standard InChI is InChI=1S/C21H29NO3/c23-19-9-3-1-6-16(19)18-8-5-13-22(18)21(24)17-7-2-4-10-20(17)25-14-15-11-12-15/h2,4,7,10,15-16,18-19,23H,1,3,5-6,8-9,11-14H2/t16-,18+,19+/m0/s1. The van der Waals surface area contributed by atoms with Gasteiger partial charge < -0.3 is 14.7 Å². The molecule has 0 aromatic heterocycles. The zero-order valence-electron chi connectivity index (χ0n) is 14.9. The van der Waals surface area contributed by atoms with Gasteiger partial charge in [-0.05, 0) is 56.6 Å². The molecule has 4 heteroatoms. The number of nitrogens with zero attached hydrogens (tertiary/aromatic N) is 1. The number of carbonyl (C=O) groups excluding carboxylic acids is 1. The van der Waals surface area contributed by atoms with Crippen molar-refractivity contribution in [1.29, 1.82) is 0 Å². The third-order valence-corrected chi connectivity index (χ3v) is 6.12. The van der Waals surface area contributed by atoms with Gasteiger partial charge in [-0.1, -0.05) is 25.0 Å². The normalized spacial score (nSPS) is 29.6. The molecular weight excluding hydrogens is 314 g/mol. The van der Waals surface area contributed by atoms with E-state index < -0.39 is 0 Å². The number of hydrogen-bond donors (Lipinski definition) is 1. The molecule has 1 N–H and O–H groups in total. The maximum atomic E-state index is 13.3. The highest BCUT2D eigenvalue weighted by Gasteiger charge is 2.39. The van der Waals surface area contributed by atoms with Gasteiger partial charge in [0.25, 0.3) is 5.91 Å². The predicted octanol–water partition coefficient (Wildman–Crippen LogP) is 3.63. The van der Waals surface area contributed by atoms with Crippen LogP contribution < -0.4 is 4.74 Å². The third-order valence-electron chi connectivity index (χ3n) is 6.12. The molecule has 25 heavy (non-hydrogen) atoms. The summed E-state index contributed by atoms with van der Waals surface area (Å²) in [5, 5.41) is 10.4. The van der Waals surface area contributed by atoms with E-state index in [-0.39, 0.29) is 24.0 Å². The van der Waals surface area contributed by atoms with Crippen molar-refractivity contribution in [2.24, 2.45) is 11.8 Å². The number of rotatable bonds is 5. The van der Waals surface area contributed by atoms with E-state index in [0.717, 1.165) is 45.3 Å². The van der Waals surface area contributed by atoms with Crippen LogP contribution in [0.4, 0.5) is 0 Å². The average molecular weight is 343 g/mol. The largest absolute Gasteiger partial charge is 0.492 e. The van der Waals surface area contributed by atoms with E-state index >= 15 is 0 Å². The molecule has 1 aromatic carbocycles. The van der Waals surface area contributed by atoms with Gasteiger partial charge >= 0.3 is 0 Å². The van der Waals surface area contributed by atoms with E-state index in [1.165, 1.54) is 19.3 Å². The number of benzene rings is 1. The van der Waals surface area contributed by atoms with Crippen LogP contribution in [0.15, 0.2) is 24.3 Å². The van der Waals surface area contributed by atoms with Gasteiger partial charge in [-0.3, -0.25) is 4.79 Å². The van der Waals surface area contributed by atoms with E-state index in [9.17, 15) is 9.90 Å². The summed E-state index contributed by atoms with van der Waals surface area (Å²) in [7, 11) is 0. The highest BCUT2D eigenvalue weighted by atomic mass is 16.5. The lowest BCUT2D eigenvalue weighted by Gasteiger charge is -2.37. The van der Waals surface area contributed by atoms with Gasteiger partial charge in [-0.15, -0.1) is 0 Å². The molecule has 4 nitrogen and oxygen atoms in total. The van der Waals surface area contributed by atoms with Crippen molar-refractivity contribution < 1.29 is 14.6 Å². The summed E-state index contributed by atoms with van der Waals surface area (Å²) in [6.07, 6.45) is 8.46. The minimum absolute atomic E-state index is 0.0756. The molecule has 0 bridgehead atoms. The maximum Gasteiger partial charge on any atom is 0.257 e. The molecule has 1 saturated heterocycles. The Labute approximate surface area is 150 Å². The van der Waals surface area contributed by atoms with E-state index in [1.807, 2.05) is 29.2 Å². The lowest BCUT2D eigenvalue weighted by molar-refractivity contribution is 0.0210. The Bertz CT molecular complexity index is 613. The number of amides is 1. The molecule has 3 aliphatic rings. The molecule has 0 spiro atoms. The topological polar surface area (TPSA) is 49.8 Å². The highest BCUT2D eigenvalue weighted by molar-refractivity contribution is 5.97. The van der Waals surface area contributed by atoms with Gasteiger partial charge in [0.15, 0.2) is 0 Å². The Morgan fingerprint density at radius 1 is 1.08 bits per heavy atom. The van der Waals surface area contributed by atoms with Gasteiger partial charge in [0.2, 0.25) is 0 Å². The Morgan fingerprint density at radius 2 is 1.88 bits per heavy atom. The molecule has 1 amide bonds. The first-order valence-corrected chi connectivity index (χ1v) is 9.95. The zero-order valence-corrected chi connectivity index (χ0v) is 14.9. The molecule has 4 rings (SSSR count). The first kappa shape index (κ1) is 16.9. The molecule has 1 aliphatic heterocycles. The fourth-order valence-corrected chi connectivity index (χ4v) is 4.49. The molecule has 2 aliphatic carbocycles. The van der Waals surface area contributed by atoms with E-state index in [1.54, 1.807) is 0 Å². The second-order valence-corrected chi connectivity index (χ2v) is 7.97. The van der Waals surface area contributed by atoms with Crippen LogP contribution in [0, 0.1) is 11.8 Å². The number of ether oxygens (including phenoxy) is 1. The van der Waals surface area contributed by atoms with Crippen molar-refractivity contribution in [3.63, 3.8) is 0 Å². The monoisotopic (exact) mass is 343 g/mol. The molecule has 1 heterocycles. The molecular formula is C21H29NO3. The summed E-state index contributed by atoms with van der Waals surface area (Å²) in [6.45, 7) is 1.51. The molecule has 2 saturated carbocycles. The molecule has 3 fully saturated rings. The van der Waals surface area contributed by atoms with Gasteiger partial charge in [-0.25, -0.2) is 0 Å². The zero-order chi connectivity index (χ0) is 17.2. The molecule has 136 valence electrons. The van der Waals surface area contributed by atoms with E-state index in [2.05, 4.69) is 0 Å². The second kappa shape index (κ2) is 7.36. The maximum absolute atomic E-state index is 13.3. The average Bonchev–Trinajstić information content (AvgIpc) is 3.35. The van der Waals surface area contributed by atoms with Crippen LogP contribution >= 0.6 is 0 Å². The van der Waals surface area contributed by atoms with Crippen molar-refractivity contribution in [3.8, 4) is 5.75 Å². The summed E-state index contributed by atoms with van der Waals surface area (Å²) >= 11 is 0. The van der Waals surface area contributed by atoms with Gasteiger partial charge in [-0.2, -0.15) is 0 Å². The Morgan fingerprint density at radius 3 is 2.68 bits per heavy atom. The number of carbonyl (C=O) groups is 1. The minimum Gasteiger partial charge on any atom is -0.492 e. The van der Waals surface area contributed by atoms with Crippen LogP contribution in [0.3, 0.4) is 0 Å². The first-order chi connectivity index (χ1) is 12.2. The summed E-state index contributed by atoms with van der Waals surface area (Å²) < 4.78 is 5.95. The van der Waals surface area contributed by atoms with Crippen molar-refractivity contribution in [3.05, 3.63) is 29.8 Å². The van der Waals surface area contributed by atoms with Gasteiger partial charge in [0.05, 0.1) is 18.3 Å². The SMILES string of the molecule is O=C(c1ccccc1OCC1CC1)N1CCC[C@@H]1[C@@H]1CCCC[C@H]1O. The second-order valence-electron chi connectivity index (χ2n) is 7.97. The quantitative estimate of drug-likeness (QED) is 0.888. The summed E-state index contributed by atoms with van der Waals surface area (Å²) in [4.78, 5) is 15.3. The van der Waals surface area contributed by atoms with Crippen molar-refractivity contribution in [1.82, 2.24) is 4.90 Å². The van der Waals surface area contributed by atoms with E-state index in [0.29, 0.717) is 17.2 Å². The van der Waals surface area contributed by atoms with Crippen LogP contribution in [0.2, 0.25) is 0 Å². The molecule has 0 unspecified atom stereocenters. The van der Waals surface area contributed by atoms with Crippen LogP contribution in [0.5, 0.6) is 5.75 Å². The fraction of sp³-hybridized carbons (Fsp3) is 0.667. The Kier molecular flexibility index (Phi) is 4.98. The minimum atomic E-state index is -0.256. The Hall–Kier alpha value is -1.55.